The highest BCUT2D eigenvalue weighted by Gasteiger charge is 2.14. The van der Waals surface area contributed by atoms with Gasteiger partial charge in [-0.05, 0) is 52.7 Å². The molecule has 2 nitrogen and oxygen atoms in total. The van der Waals surface area contributed by atoms with Crippen LogP contribution in [-0.4, -0.2) is 9.55 Å². The molecule has 20 heavy (non-hydrogen) atoms. The quantitative estimate of drug-likeness (QED) is 0.499. The fraction of sp³-hybridized carbons (Fsp3) is 0.133. The van der Waals surface area contributed by atoms with Gasteiger partial charge in [0.05, 0.1) is 22.6 Å². The summed E-state index contributed by atoms with van der Waals surface area (Å²) >= 11 is 13.3. The predicted molar refractivity (Wildman–Crippen MR) is 90.8 cm³/mol. The Bertz CT molecular complexity index is 796. The first-order valence-electron chi connectivity index (χ1n) is 6.10. The minimum atomic E-state index is 0.368. The third-order valence-electron chi connectivity index (χ3n) is 3.22. The molecule has 0 fully saturated rings. The van der Waals surface area contributed by atoms with E-state index in [1.54, 1.807) is 0 Å². The highest BCUT2D eigenvalue weighted by molar-refractivity contribution is 9.10. The molecule has 0 N–H and O–H groups in total. The zero-order chi connectivity index (χ0) is 14.3. The maximum Gasteiger partial charge on any atom is 0.129 e. The number of hydrogen-bond donors (Lipinski definition) is 0. The van der Waals surface area contributed by atoms with Crippen LogP contribution in [0.4, 0.5) is 0 Å². The molecule has 0 bridgehead atoms. The van der Waals surface area contributed by atoms with Gasteiger partial charge in [0.2, 0.25) is 0 Å². The van der Waals surface area contributed by atoms with Gasteiger partial charge in [0.25, 0.3) is 0 Å². The average Bonchev–Trinajstić information content (AvgIpc) is 2.79. The number of rotatable bonds is 2. The molecule has 1 heterocycles. The van der Waals surface area contributed by atoms with Gasteiger partial charge in [0.15, 0.2) is 0 Å². The van der Waals surface area contributed by atoms with Crippen molar-refractivity contribution in [2.45, 2.75) is 12.8 Å². The van der Waals surface area contributed by atoms with Crippen molar-refractivity contribution < 1.29 is 0 Å². The standard InChI is InChI=1S/C15H11Br2ClN2/c1-9-3-2-4-12(15(9)17)20-13-7-10(16)5-6-11(13)19-14(20)8-18/h2-7H,8H2,1H3. The Morgan fingerprint density at radius 2 is 2.00 bits per heavy atom. The first-order chi connectivity index (χ1) is 9.61. The van der Waals surface area contributed by atoms with Crippen LogP contribution in [0.2, 0.25) is 0 Å². The van der Waals surface area contributed by atoms with E-state index in [1.165, 1.54) is 5.56 Å². The predicted octanol–water partition coefficient (Wildman–Crippen LogP) is 5.60. The molecule has 5 heteroatoms. The first-order valence-corrected chi connectivity index (χ1v) is 8.22. The van der Waals surface area contributed by atoms with E-state index in [0.29, 0.717) is 5.88 Å². The van der Waals surface area contributed by atoms with Crippen molar-refractivity contribution in [3.8, 4) is 5.69 Å². The summed E-state index contributed by atoms with van der Waals surface area (Å²) in [5.41, 5.74) is 4.22. The molecule has 0 radical (unpaired) electrons. The maximum absolute atomic E-state index is 6.08. The highest BCUT2D eigenvalue weighted by atomic mass is 79.9. The van der Waals surface area contributed by atoms with Gasteiger partial charge in [0, 0.05) is 8.95 Å². The Kier molecular flexibility index (Phi) is 3.89. The number of benzene rings is 2. The molecule has 2 aromatic carbocycles. The Labute approximate surface area is 139 Å². The van der Waals surface area contributed by atoms with Crippen LogP contribution in [-0.2, 0) is 5.88 Å². The number of hydrogen-bond acceptors (Lipinski definition) is 1. The van der Waals surface area contributed by atoms with E-state index >= 15 is 0 Å². The maximum atomic E-state index is 6.08. The van der Waals surface area contributed by atoms with Crippen molar-refractivity contribution >= 4 is 54.5 Å². The van der Waals surface area contributed by atoms with E-state index < -0.39 is 0 Å². The van der Waals surface area contributed by atoms with E-state index in [4.69, 9.17) is 11.6 Å². The van der Waals surface area contributed by atoms with Crippen LogP contribution >= 0.6 is 43.5 Å². The third-order valence-corrected chi connectivity index (χ3v) is 4.98. The summed E-state index contributed by atoms with van der Waals surface area (Å²) < 4.78 is 4.19. The Balaban J connectivity index is 2.39. The van der Waals surface area contributed by atoms with Crippen LogP contribution in [0.1, 0.15) is 11.4 Å². The van der Waals surface area contributed by atoms with Gasteiger partial charge in [-0.25, -0.2) is 4.98 Å². The van der Waals surface area contributed by atoms with Crippen molar-refractivity contribution in [1.82, 2.24) is 9.55 Å². The molecular formula is C15H11Br2ClN2. The molecule has 3 aromatic rings. The summed E-state index contributed by atoms with van der Waals surface area (Å²) in [5, 5.41) is 0. The van der Waals surface area contributed by atoms with Crippen LogP contribution in [0.25, 0.3) is 16.7 Å². The van der Waals surface area contributed by atoms with E-state index in [-0.39, 0.29) is 0 Å². The summed E-state index contributed by atoms with van der Waals surface area (Å²) in [5.74, 6) is 1.21. The topological polar surface area (TPSA) is 17.8 Å². The van der Waals surface area contributed by atoms with Crippen molar-refractivity contribution in [1.29, 1.82) is 0 Å². The number of imidazole rings is 1. The molecule has 1 aromatic heterocycles. The molecule has 0 atom stereocenters. The van der Waals surface area contributed by atoms with Gasteiger partial charge in [-0.1, -0.05) is 28.1 Å². The number of aryl methyl sites for hydroxylation is 1. The molecule has 0 aliphatic rings. The fourth-order valence-electron chi connectivity index (χ4n) is 2.26. The second kappa shape index (κ2) is 5.51. The zero-order valence-electron chi connectivity index (χ0n) is 10.7. The third kappa shape index (κ3) is 2.30. The number of aromatic nitrogens is 2. The summed E-state index contributed by atoms with van der Waals surface area (Å²) in [6.45, 7) is 2.07. The largest absolute Gasteiger partial charge is 0.294 e. The van der Waals surface area contributed by atoms with Crippen molar-refractivity contribution in [2.75, 3.05) is 0 Å². The summed E-state index contributed by atoms with van der Waals surface area (Å²) in [6, 6.07) is 12.2. The lowest BCUT2D eigenvalue weighted by Gasteiger charge is -2.12. The lowest BCUT2D eigenvalue weighted by Crippen LogP contribution is -2.01. The first kappa shape index (κ1) is 14.1. The number of alkyl halides is 1. The lowest BCUT2D eigenvalue weighted by molar-refractivity contribution is 0.974. The monoisotopic (exact) mass is 412 g/mol. The molecule has 102 valence electrons. The molecule has 0 spiro atoms. The van der Waals surface area contributed by atoms with Crippen LogP contribution < -0.4 is 0 Å². The van der Waals surface area contributed by atoms with Crippen LogP contribution in [0.5, 0.6) is 0 Å². The molecule has 0 unspecified atom stereocenters. The highest BCUT2D eigenvalue weighted by Crippen LogP contribution is 2.31. The number of halogens is 3. The summed E-state index contributed by atoms with van der Waals surface area (Å²) in [4.78, 5) is 4.61. The van der Waals surface area contributed by atoms with Crippen LogP contribution in [0.3, 0.4) is 0 Å². The van der Waals surface area contributed by atoms with Crippen LogP contribution in [0, 0.1) is 6.92 Å². The SMILES string of the molecule is Cc1cccc(-n2c(CCl)nc3ccc(Br)cc32)c1Br. The second-order valence-electron chi connectivity index (χ2n) is 4.54. The van der Waals surface area contributed by atoms with Gasteiger partial charge in [-0.15, -0.1) is 11.6 Å². The molecule has 0 saturated carbocycles. The number of nitrogens with zero attached hydrogens (tertiary/aromatic N) is 2. The van der Waals surface area contributed by atoms with Gasteiger partial charge < -0.3 is 0 Å². The van der Waals surface area contributed by atoms with Crippen LogP contribution in [0.15, 0.2) is 45.3 Å². The minimum absolute atomic E-state index is 0.368. The molecule has 0 aliphatic carbocycles. The Morgan fingerprint density at radius 1 is 1.20 bits per heavy atom. The smallest absolute Gasteiger partial charge is 0.129 e. The van der Waals surface area contributed by atoms with E-state index in [0.717, 1.165) is 31.5 Å². The summed E-state index contributed by atoms with van der Waals surface area (Å²) in [7, 11) is 0. The van der Waals surface area contributed by atoms with Gasteiger partial charge in [-0.2, -0.15) is 0 Å². The summed E-state index contributed by atoms with van der Waals surface area (Å²) in [6.07, 6.45) is 0. The lowest BCUT2D eigenvalue weighted by atomic mass is 10.2. The Hall–Kier alpha value is -0.840. The Morgan fingerprint density at radius 3 is 2.75 bits per heavy atom. The molecule has 0 saturated heterocycles. The molecule has 0 amide bonds. The fourth-order valence-corrected chi connectivity index (χ4v) is 3.23. The second-order valence-corrected chi connectivity index (χ2v) is 6.51. The number of fused-ring (bicyclic) bond motifs is 1. The van der Waals surface area contributed by atoms with Crippen molar-refractivity contribution in [3.63, 3.8) is 0 Å². The normalized spacial score (nSPS) is 11.2. The average molecular weight is 415 g/mol. The van der Waals surface area contributed by atoms with Gasteiger partial charge in [-0.3, -0.25) is 4.57 Å². The van der Waals surface area contributed by atoms with E-state index in [2.05, 4.69) is 66.5 Å². The van der Waals surface area contributed by atoms with Gasteiger partial charge in [0.1, 0.15) is 5.82 Å². The van der Waals surface area contributed by atoms with Gasteiger partial charge >= 0.3 is 0 Å². The zero-order valence-corrected chi connectivity index (χ0v) is 14.6. The molecule has 0 aliphatic heterocycles. The molecule has 3 rings (SSSR count). The van der Waals surface area contributed by atoms with Crippen molar-refractivity contribution in [3.05, 3.63) is 56.7 Å². The van der Waals surface area contributed by atoms with E-state index in [9.17, 15) is 0 Å². The van der Waals surface area contributed by atoms with Crippen molar-refractivity contribution in [2.24, 2.45) is 0 Å². The van der Waals surface area contributed by atoms with E-state index in [1.807, 2.05) is 18.2 Å². The minimum Gasteiger partial charge on any atom is -0.294 e. The molecular weight excluding hydrogens is 403 g/mol.